The number of carbonyl (C=O) groups is 1. The molecule has 2 aromatic carbocycles. The molecule has 0 spiro atoms. The molecule has 1 heterocycles. The van der Waals surface area contributed by atoms with Crippen molar-refractivity contribution in [3.63, 3.8) is 0 Å². The van der Waals surface area contributed by atoms with Gasteiger partial charge in [-0.1, -0.05) is 67.6 Å². The lowest BCUT2D eigenvalue weighted by molar-refractivity contribution is 0.0949. The Morgan fingerprint density at radius 1 is 0.926 bits per heavy atom. The maximum atomic E-state index is 12.5. The number of hydrogen-bond acceptors (Lipinski definition) is 5. The Labute approximate surface area is 159 Å². The summed E-state index contributed by atoms with van der Waals surface area (Å²) in [6.45, 7) is 3.09. The molecule has 0 atom stereocenters. The number of hydrazine groups is 1. The van der Waals surface area contributed by atoms with Gasteiger partial charge in [-0.3, -0.25) is 10.2 Å². The van der Waals surface area contributed by atoms with Crippen molar-refractivity contribution in [2.24, 2.45) is 0 Å². The molecule has 0 bridgehead atoms. The van der Waals surface area contributed by atoms with Gasteiger partial charge in [-0.15, -0.1) is 0 Å². The molecule has 0 aliphatic carbocycles. The summed E-state index contributed by atoms with van der Waals surface area (Å²) in [6, 6.07) is 19.8. The van der Waals surface area contributed by atoms with Crippen LogP contribution >= 0.6 is 0 Å². The van der Waals surface area contributed by atoms with Crippen molar-refractivity contribution in [1.29, 1.82) is 0 Å². The molecular formula is C21H23N5O. The lowest BCUT2D eigenvalue weighted by Gasteiger charge is -2.11. The molecule has 1 aromatic heterocycles. The highest BCUT2D eigenvalue weighted by Gasteiger charge is 2.13. The van der Waals surface area contributed by atoms with Crippen LogP contribution in [0.2, 0.25) is 0 Å². The first kappa shape index (κ1) is 18.5. The van der Waals surface area contributed by atoms with Gasteiger partial charge in [0.15, 0.2) is 0 Å². The highest BCUT2D eigenvalue weighted by Crippen LogP contribution is 2.10. The number of nitrogens with zero attached hydrogens (tertiary/aromatic N) is 2. The van der Waals surface area contributed by atoms with E-state index in [2.05, 4.69) is 26.1 Å². The standard InChI is InChI=1S/C21H23N5O/c1-2-19-18(20(27)22-13-16-9-5-3-6-10-16)15-23-21(25-19)26-24-14-17-11-7-4-8-12-17/h3-12,15,24H,2,13-14H2,1H3,(H,22,27)(H,23,25,26). The molecule has 0 aliphatic rings. The van der Waals surface area contributed by atoms with Crippen molar-refractivity contribution in [2.45, 2.75) is 26.4 Å². The summed E-state index contributed by atoms with van der Waals surface area (Å²) < 4.78 is 0. The number of aryl methyl sites for hydroxylation is 1. The molecule has 3 N–H and O–H groups in total. The predicted molar refractivity (Wildman–Crippen MR) is 106 cm³/mol. The summed E-state index contributed by atoms with van der Waals surface area (Å²) in [5, 5.41) is 2.92. The van der Waals surface area contributed by atoms with Crippen LogP contribution in [0.4, 0.5) is 5.95 Å². The van der Waals surface area contributed by atoms with Crippen LogP contribution in [0.15, 0.2) is 66.9 Å². The third-order valence-corrected chi connectivity index (χ3v) is 4.08. The van der Waals surface area contributed by atoms with E-state index in [0.717, 1.165) is 11.1 Å². The smallest absolute Gasteiger partial charge is 0.254 e. The fraction of sp³-hybridized carbons (Fsp3) is 0.190. The second-order valence-corrected chi connectivity index (χ2v) is 6.04. The van der Waals surface area contributed by atoms with Crippen LogP contribution in [0.1, 0.15) is 34.1 Å². The van der Waals surface area contributed by atoms with Crippen LogP contribution in [0.3, 0.4) is 0 Å². The Hall–Kier alpha value is -3.25. The normalized spacial score (nSPS) is 10.4. The summed E-state index contributed by atoms with van der Waals surface area (Å²) in [7, 11) is 0. The van der Waals surface area contributed by atoms with Crippen molar-refractivity contribution in [2.75, 3.05) is 5.43 Å². The third kappa shape index (κ3) is 5.36. The highest BCUT2D eigenvalue weighted by atomic mass is 16.1. The highest BCUT2D eigenvalue weighted by molar-refractivity contribution is 5.95. The lowest BCUT2D eigenvalue weighted by atomic mass is 10.1. The van der Waals surface area contributed by atoms with Gasteiger partial charge in [0.05, 0.1) is 11.3 Å². The zero-order chi connectivity index (χ0) is 18.9. The summed E-state index contributed by atoms with van der Waals surface area (Å²) in [5.74, 6) is 0.280. The molecule has 0 aliphatic heterocycles. The first-order valence-corrected chi connectivity index (χ1v) is 8.97. The van der Waals surface area contributed by atoms with E-state index in [9.17, 15) is 4.79 Å². The van der Waals surface area contributed by atoms with Gasteiger partial charge in [-0.05, 0) is 17.5 Å². The van der Waals surface area contributed by atoms with Crippen molar-refractivity contribution in [3.8, 4) is 0 Å². The zero-order valence-electron chi connectivity index (χ0n) is 15.3. The quantitative estimate of drug-likeness (QED) is 0.537. The number of benzene rings is 2. The van der Waals surface area contributed by atoms with E-state index >= 15 is 0 Å². The van der Waals surface area contributed by atoms with Crippen LogP contribution in [-0.4, -0.2) is 15.9 Å². The Morgan fingerprint density at radius 2 is 1.56 bits per heavy atom. The lowest BCUT2D eigenvalue weighted by Crippen LogP contribution is -2.26. The maximum Gasteiger partial charge on any atom is 0.254 e. The molecule has 0 radical (unpaired) electrons. The molecular weight excluding hydrogens is 338 g/mol. The summed E-state index contributed by atoms with van der Waals surface area (Å²) >= 11 is 0. The third-order valence-electron chi connectivity index (χ3n) is 4.08. The molecule has 138 valence electrons. The Bertz CT molecular complexity index is 868. The molecule has 6 heteroatoms. The van der Waals surface area contributed by atoms with Gasteiger partial charge in [0.2, 0.25) is 5.95 Å². The molecule has 3 aromatic rings. The van der Waals surface area contributed by atoms with Crippen LogP contribution in [-0.2, 0) is 19.5 Å². The number of carbonyl (C=O) groups excluding carboxylic acids is 1. The van der Waals surface area contributed by atoms with Crippen molar-refractivity contribution in [1.82, 2.24) is 20.7 Å². The number of nitrogens with one attached hydrogen (secondary N) is 3. The summed E-state index contributed by atoms with van der Waals surface area (Å²) in [6.07, 6.45) is 2.21. The maximum absolute atomic E-state index is 12.5. The topological polar surface area (TPSA) is 78.9 Å². The van der Waals surface area contributed by atoms with E-state index in [1.165, 1.54) is 0 Å². The molecule has 0 saturated heterocycles. The minimum absolute atomic E-state index is 0.167. The molecule has 1 amide bonds. The van der Waals surface area contributed by atoms with Crippen molar-refractivity contribution in [3.05, 3.63) is 89.2 Å². The monoisotopic (exact) mass is 361 g/mol. The molecule has 0 saturated carbocycles. The van der Waals surface area contributed by atoms with E-state index < -0.39 is 0 Å². The second kappa shape index (κ2) is 9.45. The molecule has 27 heavy (non-hydrogen) atoms. The number of rotatable bonds is 8. The van der Waals surface area contributed by atoms with E-state index in [-0.39, 0.29) is 5.91 Å². The average Bonchev–Trinajstić information content (AvgIpc) is 2.73. The first-order valence-electron chi connectivity index (χ1n) is 8.97. The number of hydrogen-bond donors (Lipinski definition) is 3. The first-order chi connectivity index (χ1) is 13.3. The summed E-state index contributed by atoms with van der Waals surface area (Å²) in [4.78, 5) is 21.2. The number of amides is 1. The van der Waals surface area contributed by atoms with Crippen LogP contribution in [0.25, 0.3) is 0 Å². The van der Waals surface area contributed by atoms with Gasteiger partial charge < -0.3 is 5.32 Å². The van der Waals surface area contributed by atoms with E-state index in [1.807, 2.05) is 67.6 Å². The molecule has 0 unspecified atom stereocenters. The molecule has 0 fully saturated rings. The Kier molecular flexibility index (Phi) is 6.49. The second-order valence-electron chi connectivity index (χ2n) is 6.04. The average molecular weight is 361 g/mol. The van der Waals surface area contributed by atoms with Gasteiger partial charge in [-0.2, -0.15) is 0 Å². The van der Waals surface area contributed by atoms with E-state index in [4.69, 9.17) is 0 Å². The summed E-state index contributed by atoms with van der Waals surface area (Å²) in [5.41, 5.74) is 9.49. The van der Waals surface area contributed by atoms with E-state index in [1.54, 1.807) is 6.20 Å². The zero-order valence-corrected chi connectivity index (χ0v) is 15.3. The van der Waals surface area contributed by atoms with Crippen LogP contribution < -0.4 is 16.2 Å². The van der Waals surface area contributed by atoms with Gasteiger partial charge in [0.1, 0.15) is 0 Å². The fourth-order valence-electron chi connectivity index (χ4n) is 2.63. The van der Waals surface area contributed by atoms with Crippen LogP contribution in [0, 0.1) is 0 Å². The van der Waals surface area contributed by atoms with Crippen molar-refractivity contribution >= 4 is 11.9 Å². The van der Waals surface area contributed by atoms with Gasteiger partial charge in [0.25, 0.3) is 5.91 Å². The Balaban J connectivity index is 1.58. The van der Waals surface area contributed by atoms with E-state index in [0.29, 0.717) is 36.7 Å². The SMILES string of the molecule is CCc1nc(NNCc2ccccc2)ncc1C(=O)NCc1ccccc1. The van der Waals surface area contributed by atoms with Crippen molar-refractivity contribution < 1.29 is 4.79 Å². The predicted octanol–water partition coefficient (Wildman–Crippen LogP) is 3.09. The Morgan fingerprint density at radius 3 is 2.19 bits per heavy atom. The minimum atomic E-state index is -0.167. The molecule has 3 rings (SSSR count). The van der Waals surface area contributed by atoms with Gasteiger partial charge in [0, 0.05) is 19.3 Å². The largest absolute Gasteiger partial charge is 0.348 e. The van der Waals surface area contributed by atoms with Crippen LogP contribution in [0.5, 0.6) is 0 Å². The minimum Gasteiger partial charge on any atom is -0.348 e. The number of anilines is 1. The fourth-order valence-corrected chi connectivity index (χ4v) is 2.63. The van der Waals surface area contributed by atoms with Gasteiger partial charge in [-0.25, -0.2) is 15.4 Å². The molecule has 6 nitrogen and oxygen atoms in total. The van der Waals surface area contributed by atoms with Gasteiger partial charge >= 0.3 is 0 Å². The number of aromatic nitrogens is 2.